The van der Waals surface area contributed by atoms with E-state index in [1.165, 1.54) is 4.68 Å². The third-order valence-electron chi connectivity index (χ3n) is 2.57. The number of aliphatic carboxylic acids is 1. The fraction of sp³-hybridized carbons (Fsp3) is 0.600. The lowest BCUT2D eigenvalue weighted by Crippen LogP contribution is -2.26. The van der Waals surface area contributed by atoms with Crippen LogP contribution >= 0.6 is 0 Å². The maximum Gasteiger partial charge on any atom is 0.303 e. The van der Waals surface area contributed by atoms with Crippen molar-refractivity contribution >= 4 is 16.0 Å². The second-order valence-electron chi connectivity index (χ2n) is 4.02. The molecule has 1 aromatic heterocycles. The molecule has 0 spiro atoms. The van der Waals surface area contributed by atoms with E-state index in [1.807, 2.05) is 0 Å². The first kappa shape index (κ1) is 14.7. The molecule has 1 rings (SSSR count). The predicted molar refractivity (Wildman–Crippen MR) is 64.7 cm³/mol. The molecule has 2 N–H and O–H groups in total. The van der Waals surface area contributed by atoms with Gasteiger partial charge in [0.05, 0.1) is 11.4 Å². The van der Waals surface area contributed by atoms with Gasteiger partial charge in [-0.15, -0.1) is 0 Å². The summed E-state index contributed by atoms with van der Waals surface area (Å²) < 4.78 is 27.9. The molecule has 0 saturated carbocycles. The summed E-state index contributed by atoms with van der Waals surface area (Å²) in [6, 6.07) is 0. The molecule has 0 atom stereocenters. The third kappa shape index (κ3) is 3.30. The van der Waals surface area contributed by atoms with Gasteiger partial charge < -0.3 is 5.11 Å². The second kappa shape index (κ2) is 5.49. The van der Waals surface area contributed by atoms with E-state index in [-0.39, 0.29) is 24.3 Å². The number of hydrogen-bond acceptors (Lipinski definition) is 4. The van der Waals surface area contributed by atoms with Crippen LogP contribution in [0.5, 0.6) is 0 Å². The Morgan fingerprint density at radius 2 is 2.06 bits per heavy atom. The summed E-state index contributed by atoms with van der Waals surface area (Å²) >= 11 is 0. The van der Waals surface area contributed by atoms with Crippen LogP contribution in [0.15, 0.2) is 4.90 Å². The Kier molecular flexibility index (Phi) is 4.47. The van der Waals surface area contributed by atoms with Crippen molar-refractivity contribution in [3.8, 4) is 0 Å². The van der Waals surface area contributed by atoms with E-state index in [1.54, 1.807) is 20.9 Å². The molecule has 0 fully saturated rings. The van der Waals surface area contributed by atoms with Crippen LogP contribution in [-0.2, 0) is 21.9 Å². The van der Waals surface area contributed by atoms with Crippen LogP contribution in [0.3, 0.4) is 0 Å². The number of carboxylic acids is 1. The van der Waals surface area contributed by atoms with Crippen LogP contribution < -0.4 is 4.72 Å². The number of carbonyl (C=O) groups is 1. The normalized spacial score (nSPS) is 11.7. The predicted octanol–water partition coefficient (Wildman–Crippen LogP) is 0.180. The van der Waals surface area contributed by atoms with E-state index in [2.05, 4.69) is 9.82 Å². The van der Waals surface area contributed by atoms with E-state index < -0.39 is 16.0 Å². The van der Waals surface area contributed by atoms with Crippen molar-refractivity contribution in [2.75, 3.05) is 6.54 Å². The number of sulfonamides is 1. The summed E-state index contributed by atoms with van der Waals surface area (Å²) in [5.74, 6) is -0.942. The highest BCUT2D eigenvalue weighted by atomic mass is 32.2. The first-order chi connectivity index (χ1) is 8.25. The number of rotatable bonds is 6. The first-order valence-corrected chi connectivity index (χ1v) is 6.95. The third-order valence-corrected chi connectivity index (χ3v) is 4.28. The highest BCUT2D eigenvalue weighted by molar-refractivity contribution is 7.89. The van der Waals surface area contributed by atoms with Gasteiger partial charge in [0, 0.05) is 20.0 Å². The zero-order valence-electron chi connectivity index (χ0n) is 10.6. The monoisotopic (exact) mass is 275 g/mol. The number of nitrogens with zero attached hydrogens (tertiary/aromatic N) is 2. The summed E-state index contributed by atoms with van der Waals surface area (Å²) in [5, 5.41) is 12.5. The van der Waals surface area contributed by atoms with Crippen molar-refractivity contribution in [2.24, 2.45) is 7.05 Å². The Bertz CT molecular complexity index is 548. The molecule has 1 heterocycles. The number of carboxylic acid groups (broad SMARTS) is 1. The molecule has 18 heavy (non-hydrogen) atoms. The van der Waals surface area contributed by atoms with E-state index in [0.29, 0.717) is 11.4 Å². The zero-order chi connectivity index (χ0) is 13.9. The van der Waals surface area contributed by atoms with Gasteiger partial charge in [-0.25, -0.2) is 13.1 Å². The van der Waals surface area contributed by atoms with Crippen molar-refractivity contribution in [2.45, 2.75) is 31.6 Å². The largest absolute Gasteiger partial charge is 0.481 e. The molecular weight excluding hydrogens is 258 g/mol. The summed E-state index contributed by atoms with van der Waals surface area (Å²) in [7, 11) is -1.95. The molecular formula is C10H17N3O4S. The van der Waals surface area contributed by atoms with Crippen LogP contribution in [0, 0.1) is 13.8 Å². The van der Waals surface area contributed by atoms with Gasteiger partial charge in [-0.3, -0.25) is 9.48 Å². The van der Waals surface area contributed by atoms with Gasteiger partial charge in [-0.2, -0.15) is 5.10 Å². The fourth-order valence-corrected chi connectivity index (χ4v) is 3.17. The van der Waals surface area contributed by atoms with Gasteiger partial charge in [-0.1, -0.05) is 0 Å². The van der Waals surface area contributed by atoms with Crippen LogP contribution in [0.4, 0.5) is 0 Å². The van der Waals surface area contributed by atoms with Gasteiger partial charge in [0.1, 0.15) is 4.90 Å². The van der Waals surface area contributed by atoms with Crippen LogP contribution in [0.2, 0.25) is 0 Å². The molecule has 0 radical (unpaired) electrons. The average molecular weight is 275 g/mol. The minimum atomic E-state index is -3.62. The SMILES string of the molecule is Cc1nn(C)c(C)c1S(=O)(=O)NCCCC(=O)O. The number of hydrogen-bond donors (Lipinski definition) is 2. The topological polar surface area (TPSA) is 101 Å². The molecule has 0 aliphatic carbocycles. The lowest BCUT2D eigenvalue weighted by atomic mass is 10.3. The molecule has 1 aromatic rings. The molecule has 0 aliphatic rings. The Hall–Kier alpha value is -1.41. The van der Waals surface area contributed by atoms with Gasteiger partial charge in [-0.05, 0) is 20.3 Å². The highest BCUT2D eigenvalue weighted by Crippen LogP contribution is 2.18. The van der Waals surface area contributed by atoms with Gasteiger partial charge in [0.15, 0.2) is 0 Å². The Morgan fingerprint density at radius 1 is 1.44 bits per heavy atom. The molecule has 7 nitrogen and oxygen atoms in total. The lowest BCUT2D eigenvalue weighted by Gasteiger charge is -2.06. The molecule has 102 valence electrons. The summed E-state index contributed by atoms with van der Waals surface area (Å²) in [6.07, 6.45) is 0.195. The maximum absolute atomic E-state index is 12.0. The van der Waals surface area contributed by atoms with Gasteiger partial charge >= 0.3 is 5.97 Å². The van der Waals surface area contributed by atoms with Crippen molar-refractivity contribution in [3.05, 3.63) is 11.4 Å². The number of aromatic nitrogens is 2. The standard InChI is InChI=1S/C10H17N3O4S/c1-7-10(8(2)13(3)12-7)18(16,17)11-6-4-5-9(14)15/h11H,4-6H2,1-3H3,(H,14,15). The molecule has 0 amide bonds. The summed E-state index contributed by atoms with van der Waals surface area (Å²) in [5.41, 5.74) is 0.985. The van der Waals surface area contributed by atoms with E-state index >= 15 is 0 Å². The Labute approximate surface area is 106 Å². The Morgan fingerprint density at radius 3 is 2.50 bits per heavy atom. The molecule has 0 bridgehead atoms. The summed E-state index contributed by atoms with van der Waals surface area (Å²) in [4.78, 5) is 10.5. The number of aryl methyl sites for hydroxylation is 2. The first-order valence-electron chi connectivity index (χ1n) is 5.47. The Balaban J connectivity index is 2.78. The van der Waals surface area contributed by atoms with Crippen molar-refractivity contribution in [3.63, 3.8) is 0 Å². The second-order valence-corrected chi connectivity index (χ2v) is 5.72. The molecule has 0 aliphatic heterocycles. The van der Waals surface area contributed by atoms with Crippen LogP contribution in [0.1, 0.15) is 24.2 Å². The molecule has 0 aromatic carbocycles. The minimum Gasteiger partial charge on any atom is -0.481 e. The van der Waals surface area contributed by atoms with Gasteiger partial charge in [0.25, 0.3) is 0 Å². The van der Waals surface area contributed by atoms with Crippen molar-refractivity contribution in [1.82, 2.24) is 14.5 Å². The van der Waals surface area contributed by atoms with Crippen LogP contribution in [0.25, 0.3) is 0 Å². The zero-order valence-corrected chi connectivity index (χ0v) is 11.4. The summed E-state index contributed by atoms with van der Waals surface area (Å²) in [6.45, 7) is 3.40. The fourth-order valence-electron chi connectivity index (χ4n) is 1.66. The van der Waals surface area contributed by atoms with Crippen molar-refractivity contribution < 1.29 is 18.3 Å². The molecule has 0 saturated heterocycles. The average Bonchev–Trinajstić information content (AvgIpc) is 2.48. The quantitative estimate of drug-likeness (QED) is 0.721. The van der Waals surface area contributed by atoms with E-state index in [9.17, 15) is 13.2 Å². The van der Waals surface area contributed by atoms with E-state index in [4.69, 9.17) is 5.11 Å². The minimum absolute atomic E-state index is 0.0620. The lowest BCUT2D eigenvalue weighted by molar-refractivity contribution is -0.137. The van der Waals surface area contributed by atoms with E-state index in [0.717, 1.165) is 0 Å². The number of nitrogens with one attached hydrogen (secondary N) is 1. The van der Waals surface area contributed by atoms with Crippen molar-refractivity contribution in [1.29, 1.82) is 0 Å². The maximum atomic E-state index is 12.0. The smallest absolute Gasteiger partial charge is 0.303 e. The molecule has 8 heteroatoms. The highest BCUT2D eigenvalue weighted by Gasteiger charge is 2.23. The molecule has 0 unspecified atom stereocenters. The van der Waals surface area contributed by atoms with Crippen LogP contribution in [-0.4, -0.2) is 35.8 Å². The van der Waals surface area contributed by atoms with Gasteiger partial charge in [0.2, 0.25) is 10.0 Å².